The average molecular weight is 240 g/mol. The topological polar surface area (TPSA) is 80.9 Å². The summed E-state index contributed by atoms with van der Waals surface area (Å²) >= 11 is 1.21. The van der Waals surface area contributed by atoms with Crippen LogP contribution in [0.1, 0.15) is 39.0 Å². The number of nitrogens with one attached hydrogen (secondary N) is 1. The maximum Gasteiger partial charge on any atom is 0.232 e. The highest BCUT2D eigenvalue weighted by Crippen LogP contribution is 2.41. The van der Waals surface area contributed by atoms with Gasteiger partial charge in [0.05, 0.1) is 0 Å². The van der Waals surface area contributed by atoms with Gasteiger partial charge in [-0.3, -0.25) is 10.1 Å². The standard InChI is InChI=1S/C10H16N4OS/c1-2-10(5-3-4-6-10)7(15)12-9-14-13-8(11)16-9/h2-6H2,1H3,(H2,11,13)(H,12,14,15). The van der Waals surface area contributed by atoms with Gasteiger partial charge >= 0.3 is 0 Å². The number of nitrogens with two attached hydrogens (primary N) is 1. The molecule has 1 aromatic heterocycles. The lowest BCUT2D eigenvalue weighted by molar-refractivity contribution is -0.125. The van der Waals surface area contributed by atoms with Gasteiger partial charge in [-0.2, -0.15) is 0 Å². The predicted molar refractivity (Wildman–Crippen MR) is 64.1 cm³/mol. The first-order valence-corrected chi connectivity index (χ1v) is 6.38. The number of rotatable bonds is 3. The first kappa shape index (κ1) is 11.3. The lowest BCUT2D eigenvalue weighted by atomic mass is 9.82. The van der Waals surface area contributed by atoms with Gasteiger partial charge in [-0.25, -0.2) is 0 Å². The van der Waals surface area contributed by atoms with E-state index in [1.54, 1.807) is 0 Å². The van der Waals surface area contributed by atoms with Crippen molar-refractivity contribution in [1.82, 2.24) is 10.2 Å². The second-order valence-electron chi connectivity index (χ2n) is 4.24. The summed E-state index contributed by atoms with van der Waals surface area (Å²) in [6.07, 6.45) is 5.11. The molecule has 1 aliphatic rings. The van der Waals surface area contributed by atoms with Crippen molar-refractivity contribution < 1.29 is 4.79 Å². The zero-order valence-electron chi connectivity index (χ0n) is 9.32. The lowest BCUT2D eigenvalue weighted by Crippen LogP contribution is -2.33. The number of carbonyl (C=O) groups excluding carboxylic acids is 1. The highest BCUT2D eigenvalue weighted by molar-refractivity contribution is 7.18. The highest BCUT2D eigenvalue weighted by Gasteiger charge is 2.39. The molecule has 16 heavy (non-hydrogen) atoms. The highest BCUT2D eigenvalue weighted by atomic mass is 32.1. The van der Waals surface area contributed by atoms with Crippen LogP contribution < -0.4 is 11.1 Å². The molecule has 88 valence electrons. The van der Waals surface area contributed by atoms with E-state index >= 15 is 0 Å². The van der Waals surface area contributed by atoms with Crippen LogP contribution in [0.2, 0.25) is 0 Å². The molecule has 0 atom stereocenters. The van der Waals surface area contributed by atoms with Gasteiger partial charge in [0.2, 0.25) is 16.2 Å². The van der Waals surface area contributed by atoms with Crippen LogP contribution in [0.15, 0.2) is 0 Å². The van der Waals surface area contributed by atoms with Crippen LogP contribution in [0.5, 0.6) is 0 Å². The number of anilines is 2. The second kappa shape index (κ2) is 4.37. The summed E-state index contributed by atoms with van der Waals surface area (Å²) in [6.45, 7) is 2.07. The summed E-state index contributed by atoms with van der Waals surface area (Å²) in [5.41, 5.74) is 5.27. The van der Waals surface area contributed by atoms with Crippen LogP contribution in [-0.2, 0) is 4.79 Å². The third kappa shape index (κ3) is 2.02. The maximum atomic E-state index is 12.2. The minimum absolute atomic E-state index is 0.0728. The third-order valence-electron chi connectivity index (χ3n) is 3.38. The fraction of sp³-hybridized carbons (Fsp3) is 0.700. The first-order valence-electron chi connectivity index (χ1n) is 5.57. The maximum absolute atomic E-state index is 12.2. The van der Waals surface area contributed by atoms with Crippen LogP contribution in [0, 0.1) is 5.41 Å². The molecule has 1 fully saturated rings. The lowest BCUT2D eigenvalue weighted by Gasteiger charge is -2.24. The molecule has 1 heterocycles. The van der Waals surface area contributed by atoms with Gasteiger partial charge in [-0.15, -0.1) is 10.2 Å². The Hall–Kier alpha value is -1.17. The van der Waals surface area contributed by atoms with E-state index < -0.39 is 0 Å². The smallest absolute Gasteiger partial charge is 0.232 e. The Kier molecular flexibility index (Phi) is 3.09. The zero-order valence-corrected chi connectivity index (χ0v) is 10.1. The second-order valence-corrected chi connectivity index (χ2v) is 5.25. The molecule has 0 spiro atoms. The molecule has 1 amide bonds. The Morgan fingerprint density at radius 2 is 2.19 bits per heavy atom. The first-order chi connectivity index (χ1) is 7.66. The van der Waals surface area contributed by atoms with Crippen LogP contribution in [-0.4, -0.2) is 16.1 Å². The minimum Gasteiger partial charge on any atom is -0.374 e. The van der Waals surface area contributed by atoms with Crippen LogP contribution in [0.4, 0.5) is 10.3 Å². The third-order valence-corrected chi connectivity index (χ3v) is 4.05. The van der Waals surface area contributed by atoms with E-state index in [2.05, 4.69) is 22.4 Å². The molecule has 1 saturated carbocycles. The van der Waals surface area contributed by atoms with Gasteiger partial charge in [-0.05, 0) is 19.3 Å². The van der Waals surface area contributed by atoms with Crippen molar-refractivity contribution >= 4 is 27.5 Å². The van der Waals surface area contributed by atoms with Crippen molar-refractivity contribution in [2.75, 3.05) is 11.1 Å². The van der Waals surface area contributed by atoms with E-state index in [4.69, 9.17) is 5.73 Å². The molecule has 2 rings (SSSR count). The molecule has 5 nitrogen and oxygen atoms in total. The Labute approximate surface area is 98.4 Å². The normalized spacial score (nSPS) is 18.6. The van der Waals surface area contributed by atoms with Crippen LogP contribution >= 0.6 is 11.3 Å². The molecule has 0 bridgehead atoms. The van der Waals surface area contributed by atoms with Gasteiger partial charge < -0.3 is 5.73 Å². The Balaban J connectivity index is 2.07. The molecule has 0 saturated heterocycles. The summed E-state index contributed by atoms with van der Waals surface area (Å²) in [7, 11) is 0. The molecular formula is C10H16N4OS. The van der Waals surface area contributed by atoms with E-state index in [1.807, 2.05) is 0 Å². The largest absolute Gasteiger partial charge is 0.374 e. The molecule has 0 unspecified atom stereocenters. The molecule has 0 aliphatic heterocycles. The molecule has 1 aromatic rings. The van der Waals surface area contributed by atoms with E-state index in [9.17, 15) is 4.79 Å². The zero-order chi connectivity index (χ0) is 11.6. The summed E-state index contributed by atoms with van der Waals surface area (Å²) in [6, 6.07) is 0. The number of nitrogen functional groups attached to an aromatic ring is 1. The molecule has 6 heteroatoms. The van der Waals surface area contributed by atoms with Gasteiger partial charge in [0, 0.05) is 5.41 Å². The van der Waals surface area contributed by atoms with Gasteiger partial charge in [0.25, 0.3) is 0 Å². The van der Waals surface area contributed by atoms with Gasteiger partial charge in [-0.1, -0.05) is 31.1 Å². The van der Waals surface area contributed by atoms with Gasteiger partial charge in [0.15, 0.2) is 0 Å². The quantitative estimate of drug-likeness (QED) is 0.847. The summed E-state index contributed by atoms with van der Waals surface area (Å²) in [4.78, 5) is 12.2. The van der Waals surface area contributed by atoms with Crippen molar-refractivity contribution in [1.29, 1.82) is 0 Å². The number of nitrogens with zero attached hydrogens (tertiary/aromatic N) is 2. The van der Waals surface area contributed by atoms with E-state index in [1.165, 1.54) is 11.3 Å². The van der Waals surface area contributed by atoms with Crippen molar-refractivity contribution in [3.05, 3.63) is 0 Å². The molecule has 0 aromatic carbocycles. The molecular weight excluding hydrogens is 224 g/mol. The number of amides is 1. The summed E-state index contributed by atoms with van der Waals surface area (Å²) in [5.74, 6) is 0.0728. The number of aromatic nitrogens is 2. The number of hydrogen-bond donors (Lipinski definition) is 2. The van der Waals surface area contributed by atoms with Crippen molar-refractivity contribution in [3.8, 4) is 0 Å². The average Bonchev–Trinajstić information content (AvgIpc) is 2.88. The summed E-state index contributed by atoms with van der Waals surface area (Å²) < 4.78 is 0. The number of carbonyl (C=O) groups is 1. The Bertz CT molecular complexity index is 384. The van der Waals surface area contributed by atoms with Gasteiger partial charge in [0.1, 0.15) is 0 Å². The van der Waals surface area contributed by atoms with Crippen molar-refractivity contribution in [2.45, 2.75) is 39.0 Å². The van der Waals surface area contributed by atoms with E-state index in [0.29, 0.717) is 10.3 Å². The van der Waals surface area contributed by atoms with E-state index in [-0.39, 0.29) is 11.3 Å². The van der Waals surface area contributed by atoms with Crippen LogP contribution in [0.25, 0.3) is 0 Å². The molecule has 0 radical (unpaired) electrons. The molecule has 3 N–H and O–H groups in total. The van der Waals surface area contributed by atoms with E-state index in [0.717, 1.165) is 32.1 Å². The predicted octanol–water partition coefficient (Wildman–Crippen LogP) is 2.03. The van der Waals surface area contributed by atoms with Crippen molar-refractivity contribution in [2.24, 2.45) is 5.41 Å². The monoisotopic (exact) mass is 240 g/mol. The minimum atomic E-state index is -0.194. The molecule has 1 aliphatic carbocycles. The fourth-order valence-corrected chi connectivity index (χ4v) is 2.81. The SMILES string of the molecule is CCC1(C(=O)Nc2nnc(N)s2)CCCC1. The fourth-order valence-electron chi connectivity index (χ4n) is 2.31. The van der Waals surface area contributed by atoms with Crippen molar-refractivity contribution in [3.63, 3.8) is 0 Å². The number of hydrogen-bond acceptors (Lipinski definition) is 5. The summed E-state index contributed by atoms with van der Waals surface area (Å²) in [5, 5.41) is 11.2. The van der Waals surface area contributed by atoms with Crippen LogP contribution in [0.3, 0.4) is 0 Å². The Morgan fingerprint density at radius 1 is 1.50 bits per heavy atom. The Morgan fingerprint density at radius 3 is 2.69 bits per heavy atom.